The minimum absolute atomic E-state index is 0.781. The van der Waals surface area contributed by atoms with Crippen molar-refractivity contribution in [2.75, 3.05) is 7.11 Å². The maximum Gasteiger partial charge on any atom is 0.128 e. The second kappa shape index (κ2) is 4.53. The minimum Gasteiger partial charge on any atom is -0.496 e. The fourth-order valence-corrected chi connectivity index (χ4v) is 1.88. The number of aromatic nitrogens is 2. The van der Waals surface area contributed by atoms with Crippen molar-refractivity contribution in [1.82, 2.24) is 9.97 Å². The van der Waals surface area contributed by atoms with Gasteiger partial charge in [-0.1, -0.05) is 11.6 Å². The monoisotopic (exact) mass is 228 g/mol. The Bertz CT molecular complexity index is 530. The van der Waals surface area contributed by atoms with Gasteiger partial charge in [-0.3, -0.25) is 0 Å². The molecule has 0 unspecified atom stereocenters. The first-order chi connectivity index (χ1) is 8.10. The highest BCUT2D eigenvalue weighted by molar-refractivity contribution is 5.68. The van der Waals surface area contributed by atoms with E-state index in [1.807, 2.05) is 32.0 Å². The Morgan fingerprint density at radius 2 is 1.76 bits per heavy atom. The van der Waals surface area contributed by atoms with Gasteiger partial charge in [0.15, 0.2) is 0 Å². The Morgan fingerprint density at radius 1 is 1.00 bits per heavy atom. The van der Waals surface area contributed by atoms with Crippen LogP contribution in [0.2, 0.25) is 0 Å². The highest BCUT2D eigenvalue weighted by Crippen LogP contribution is 2.29. The van der Waals surface area contributed by atoms with Crippen molar-refractivity contribution in [3.63, 3.8) is 0 Å². The first kappa shape index (κ1) is 11.6. The van der Waals surface area contributed by atoms with Crippen LogP contribution < -0.4 is 4.74 Å². The van der Waals surface area contributed by atoms with Crippen LogP contribution >= 0.6 is 0 Å². The third-order valence-electron chi connectivity index (χ3n) is 2.60. The SMILES string of the molecule is COc1ccc(C)cc1-c1cc(C)nc(C)n1. The first-order valence-corrected chi connectivity index (χ1v) is 5.57. The van der Waals surface area contributed by atoms with Gasteiger partial charge in [0.25, 0.3) is 0 Å². The summed E-state index contributed by atoms with van der Waals surface area (Å²) < 4.78 is 5.37. The molecular weight excluding hydrogens is 212 g/mol. The van der Waals surface area contributed by atoms with E-state index in [4.69, 9.17) is 4.74 Å². The molecule has 0 fully saturated rings. The molecule has 1 aromatic heterocycles. The van der Waals surface area contributed by atoms with Gasteiger partial charge in [0.1, 0.15) is 11.6 Å². The van der Waals surface area contributed by atoms with Crippen LogP contribution in [0.1, 0.15) is 17.1 Å². The molecule has 2 aromatic rings. The molecule has 17 heavy (non-hydrogen) atoms. The van der Waals surface area contributed by atoms with Gasteiger partial charge in [-0.15, -0.1) is 0 Å². The Hall–Kier alpha value is -1.90. The van der Waals surface area contributed by atoms with Crippen LogP contribution in [0.25, 0.3) is 11.3 Å². The zero-order chi connectivity index (χ0) is 12.4. The van der Waals surface area contributed by atoms with Gasteiger partial charge in [-0.2, -0.15) is 0 Å². The van der Waals surface area contributed by atoms with E-state index in [0.29, 0.717) is 0 Å². The van der Waals surface area contributed by atoms with E-state index in [1.54, 1.807) is 7.11 Å². The summed E-state index contributed by atoms with van der Waals surface area (Å²) in [5, 5.41) is 0. The number of hydrogen-bond acceptors (Lipinski definition) is 3. The Balaban J connectivity index is 2.62. The summed E-state index contributed by atoms with van der Waals surface area (Å²) >= 11 is 0. The lowest BCUT2D eigenvalue weighted by Gasteiger charge is -2.10. The Morgan fingerprint density at radius 3 is 2.41 bits per heavy atom. The minimum atomic E-state index is 0.781. The molecule has 0 aliphatic heterocycles. The highest BCUT2D eigenvalue weighted by atomic mass is 16.5. The maximum absolute atomic E-state index is 5.37. The lowest BCUT2D eigenvalue weighted by molar-refractivity contribution is 0.416. The van der Waals surface area contributed by atoms with E-state index < -0.39 is 0 Å². The van der Waals surface area contributed by atoms with Gasteiger partial charge in [0.2, 0.25) is 0 Å². The number of hydrogen-bond donors (Lipinski definition) is 0. The molecule has 0 N–H and O–H groups in total. The standard InChI is InChI=1S/C14H16N2O/c1-9-5-6-14(17-4)12(7-9)13-8-10(2)15-11(3)16-13/h5-8H,1-4H3. The summed E-state index contributed by atoms with van der Waals surface area (Å²) in [6, 6.07) is 8.06. The van der Waals surface area contributed by atoms with Crippen LogP contribution in [0.5, 0.6) is 5.75 Å². The molecule has 0 aliphatic carbocycles. The summed E-state index contributed by atoms with van der Waals surface area (Å²) in [7, 11) is 1.68. The van der Waals surface area contributed by atoms with Crippen molar-refractivity contribution in [1.29, 1.82) is 0 Å². The normalized spacial score (nSPS) is 10.4. The number of methoxy groups -OCH3 is 1. The third kappa shape index (κ3) is 2.44. The molecule has 0 radical (unpaired) electrons. The lowest BCUT2D eigenvalue weighted by atomic mass is 10.1. The topological polar surface area (TPSA) is 35.0 Å². The second-order valence-corrected chi connectivity index (χ2v) is 4.15. The zero-order valence-corrected chi connectivity index (χ0v) is 10.6. The first-order valence-electron chi connectivity index (χ1n) is 5.57. The fraction of sp³-hybridized carbons (Fsp3) is 0.286. The average molecular weight is 228 g/mol. The molecule has 2 rings (SSSR count). The molecule has 0 aliphatic rings. The molecule has 0 amide bonds. The molecule has 88 valence electrons. The molecule has 3 heteroatoms. The van der Waals surface area contributed by atoms with E-state index in [2.05, 4.69) is 23.0 Å². The van der Waals surface area contributed by atoms with Crippen molar-refractivity contribution >= 4 is 0 Å². The summed E-state index contributed by atoms with van der Waals surface area (Å²) in [4.78, 5) is 8.75. The van der Waals surface area contributed by atoms with Gasteiger partial charge < -0.3 is 4.74 Å². The summed E-state index contributed by atoms with van der Waals surface area (Å²) in [6.45, 7) is 5.93. The van der Waals surface area contributed by atoms with E-state index in [9.17, 15) is 0 Å². The number of benzene rings is 1. The fourth-order valence-electron chi connectivity index (χ4n) is 1.88. The number of rotatable bonds is 2. The van der Waals surface area contributed by atoms with Crippen LogP contribution in [0.15, 0.2) is 24.3 Å². The van der Waals surface area contributed by atoms with Gasteiger partial charge >= 0.3 is 0 Å². The Labute approximate surface area is 102 Å². The smallest absolute Gasteiger partial charge is 0.128 e. The van der Waals surface area contributed by atoms with Gasteiger partial charge in [0.05, 0.1) is 12.8 Å². The van der Waals surface area contributed by atoms with Crippen LogP contribution in [-0.2, 0) is 0 Å². The highest BCUT2D eigenvalue weighted by Gasteiger charge is 2.08. The van der Waals surface area contributed by atoms with Gasteiger partial charge in [-0.05, 0) is 39.0 Å². The van der Waals surface area contributed by atoms with Crippen LogP contribution in [0.3, 0.4) is 0 Å². The van der Waals surface area contributed by atoms with Gasteiger partial charge in [0, 0.05) is 11.3 Å². The van der Waals surface area contributed by atoms with E-state index >= 15 is 0 Å². The predicted octanol–water partition coefficient (Wildman–Crippen LogP) is 3.08. The molecule has 0 spiro atoms. The molecule has 0 saturated heterocycles. The number of nitrogens with zero attached hydrogens (tertiary/aromatic N) is 2. The molecular formula is C14H16N2O. The molecule has 3 nitrogen and oxygen atoms in total. The van der Waals surface area contributed by atoms with Crippen LogP contribution in [-0.4, -0.2) is 17.1 Å². The molecule has 0 atom stereocenters. The average Bonchev–Trinajstić information content (AvgIpc) is 2.27. The van der Waals surface area contributed by atoms with E-state index in [0.717, 1.165) is 28.5 Å². The van der Waals surface area contributed by atoms with E-state index in [1.165, 1.54) is 5.56 Å². The largest absolute Gasteiger partial charge is 0.496 e. The lowest BCUT2D eigenvalue weighted by Crippen LogP contribution is -1.96. The van der Waals surface area contributed by atoms with Crippen molar-refractivity contribution in [3.05, 3.63) is 41.3 Å². The third-order valence-corrected chi connectivity index (χ3v) is 2.60. The van der Waals surface area contributed by atoms with Crippen LogP contribution in [0, 0.1) is 20.8 Å². The Kier molecular flexibility index (Phi) is 3.09. The van der Waals surface area contributed by atoms with Crippen molar-refractivity contribution < 1.29 is 4.74 Å². The van der Waals surface area contributed by atoms with Crippen LogP contribution in [0.4, 0.5) is 0 Å². The zero-order valence-electron chi connectivity index (χ0n) is 10.6. The predicted molar refractivity (Wildman–Crippen MR) is 68.2 cm³/mol. The molecule has 0 bridgehead atoms. The summed E-state index contributed by atoms with van der Waals surface area (Å²) in [5.41, 5.74) is 4.09. The van der Waals surface area contributed by atoms with E-state index in [-0.39, 0.29) is 0 Å². The van der Waals surface area contributed by atoms with Crippen molar-refractivity contribution in [3.8, 4) is 17.0 Å². The maximum atomic E-state index is 5.37. The van der Waals surface area contributed by atoms with Crippen molar-refractivity contribution in [2.45, 2.75) is 20.8 Å². The molecule has 0 saturated carbocycles. The van der Waals surface area contributed by atoms with Crippen molar-refractivity contribution in [2.24, 2.45) is 0 Å². The summed E-state index contributed by atoms with van der Waals surface area (Å²) in [6.07, 6.45) is 0. The quantitative estimate of drug-likeness (QED) is 0.792. The number of aryl methyl sites for hydroxylation is 3. The number of ether oxygens (including phenoxy) is 1. The second-order valence-electron chi connectivity index (χ2n) is 4.15. The summed E-state index contributed by atoms with van der Waals surface area (Å²) in [5.74, 6) is 1.62. The molecule has 1 heterocycles. The molecule has 1 aromatic carbocycles. The van der Waals surface area contributed by atoms with Gasteiger partial charge in [-0.25, -0.2) is 9.97 Å².